The number of hydrogen-bond donors (Lipinski definition) is 1. The predicted molar refractivity (Wildman–Crippen MR) is 137 cm³/mol. The molecule has 4 rings (SSSR count). The standard InChI is InChI=1S/C28H32N2O4S/c1-21-10-12-23(13-11-21)28(22-8-4-3-5-9-22)29-27(31)17-14-24-20-25(15-16-26(24)34-2)35(32,33)30-18-6-7-19-30/h3-5,8-13,15-16,20,28H,6-7,14,17-19H2,1-2H3,(H,29,31)/t28-/m1/s1. The number of aryl methyl sites for hydroxylation is 2. The summed E-state index contributed by atoms with van der Waals surface area (Å²) in [5, 5.41) is 3.16. The van der Waals surface area contributed by atoms with Crippen LogP contribution in [-0.2, 0) is 21.2 Å². The second kappa shape index (κ2) is 11.1. The maximum atomic E-state index is 13.1. The van der Waals surface area contributed by atoms with E-state index in [0.717, 1.165) is 29.5 Å². The zero-order chi connectivity index (χ0) is 24.8. The van der Waals surface area contributed by atoms with Gasteiger partial charge in [0.15, 0.2) is 0 Å². The van der Waals surface area contributed by atoms with Crippen LogP contribution in [0.15, 0.2) is 77.7 Å². The monoisotopic (exact) mass is 492 g/mol. The van der Waals surface area contributed by atoms with Crippen LogP contribution in [-0.4, -0.2) is 38.8 Å². The van der Waals surface area contributed by atoms with Gasteiger partial charge in [-0.2, -0.15) is 4.31 Å². The van der Waals surface area contributed by atoms with Crippen LogP contribution in [0, 0.1) is 6.92 Å². The molecule has 0 spiro atoms. The fourth-order valence-electron chi connectivity index (χ4n) is 4.43. The molecule has 0 aromatic heterocycles. The summed E-state index contributed by atoms with van der Waals surface area (Å²) in [6.45, 7) is 3.13. The van der Waals surface area contributed by atoms with E-state index >= 15 is 0 Å². The molecule has 1 aliphatic heterocycles. The third kappa shape index (κ3) is 5.92. The van der Waals surface area contributed by atoms with Gasteiger partial charge in [0.1, 0.15) is 5.75 Å². The van der Waals surface area contributed by atoms with Crippen molar-refractivity contribution in [1.82, 2.24) is 9.62 Å². The summed E-state index contributed by atoms with van der Waals surface area (Å²) >= 11 is 0. The fraction of sp³-hybridized carbons (Fsp3) is 0.321. The Hall–Kier alpha value is -3.16. The largest absolute Gasteiger partial charge is 0.496 e. The first-order valence-electron chi connectivity index (χ1n) is 12.0. The van der Waals surface area contributed by atoms with Crippen molar-refractivity contribution in [2.45, 2.75) is 43.5 Å². The molecule has 0 bridgehead atoms. The second-order valence-corrected chi connectivity index (χ2v) is 10.8. The SMILES string of the molecule is COc1ccc(S(=O)(=O)N2CCCC2)cc1CCC(=O)N[C@H](c1ccccc1)c1ccc(C)cc1. The minimum absolute atomic E-state index is 0.116. The number of nitrogens with zero attached hydrogens (tertiary/aromatic N) is 1. The van der Waals surface area contributed by atoms with Crippen molar-refractivity contribution in [3.63, 3.8) is 0 Å². The van der Waals surface area contributed by atoms with Gasteiger partial charge in [0, 0.05) is 19.5 Å². The molecule has 0 radical (unpaired) electrons. The highest BCUT2D eigenvalue weighted by Gasteiger charge is 2.28. The molecule has 3 aromatic rings. The Kier molecular flexibility index (Phi) is 7.88. The number of carbonyl (C=O) groups excluding carboxylic acids is 1. The Labute approximate surface area is 208 Å². The van der Waals surface area contributed by atoms with Crippen LogP contribution in [0.1, 0.15) is 47.6 Å². The van der Waals surface area contributed by atoms with E-state index in [-0.39, 0.29) is 23.3 Å². The van der Waals surface area contributed by atoms with Crippen LogP contribution in [0.3, 0.4) is 0 Å². The van der Waals surface area contributed by atoms with Crippen molar-refractivity contribution in [3.05, 3.63) is 95.1 Å². The van der Waals surface area contributed by atoms with Gasteiger partial charge >= 0.3 is 0 Å². The number of methoxy groups -OCH3 is 1. The van der Waals surface area contributed by atoms with Crippen molar-refractivity contribution < 1.29 is 17.9 Å². The first kappa shape index (κ1) is 24.9. The van der Waals surface area contributed by atoms with Gasteiger partial charge in [-0.05, 0) is 61.1 Å². The molecule has 35 heavy (non-hydrogen) atoms. The maximum absolute atomic E-state index is 13.1. The summed E-state index contributed by atoms with van der Waals surface area (Å²) < 4.78 is 33.0. The number of rotatable bonds is 9. The Morgan fingerprint density at radius 2 is 1.63 bits per heavy atom. The average Bonchev–Trinajstić information content (AvgIpc) is 3.43. The fourth-order valence-corrected chi connectivity index (χ4v) is 6.00. The van der Waals surface area contributed by atoms with E-state index in [4.69, 9.17) is 4.74 Å². The minimum Gasteiger partial charge on any atom is -0.496 e. The van der Waals surface area contributed by atoms with E-state index in [2.05, 4.69) is 5.32 Å². The number of carbonyl (C=O) groups is 1. The van der Waals surface area contributed by atoms with Crippen LogP contribution < -0.4 is 10.1 Å². The van der Waals surface area contributed by atoms with Gasteiger partial charge in [-0.3, -0.25) is 4.79 Å². The minimum atomic E-state index is -3.54. The van der Waals surface area contributed by atoms with E-state index < -0.39 is 10.0 Å². The van der Waals surface area contributed by atoms with Crippen molar-refractivity contribution in [3.8, 4) is 5.75 Å². The Morgan fingerprint density at radius 1 is 0.971 bits per heavy atom. The maximum Gasteiger partial charge on any atom is 0.243 e. The average molecular weight is 493 g/mol. The van der Waals surface area contributed by atoms with Crippen LogP contribution in [0.5, 0.6) is 5.75 Å². The molecule has 1 fully saturated rings. The molecule has 3 aromatic carbocycles. The normalized spacial score (nSPS) is 15.0. The van der Waals surface area contributed by atoms with Crippen LogP contribution >= 0.6 is 0 Å². The summed E-state index contributed by atoms with van der Waals surface area (Å²) in [4.78, 5) is 13.3. The predicted octanol–water partition coefficient (Wildman–Crippen LogP) is 4.63. The van der Waals surface area contributed by atoms with Crippen molar-refractivity contribution in [2.75, 3.05) is 20.2 Å². The molecule has 6 nitrogen and oxygen atoms in total. The van der Waals surface area contributed by atoms with Crippen LogP contribution in [0.25, 0.3) is 0 Å². The third-order valence-electron chi connectivity index (χ3n) is 6.42. The highest BCUT2D eigenvalue weighted by molar-refractivity contribution is 7.89. The molecule has 1 saturated heterocycles. The molecule has 1 N–H and O–H groups in total. The Bertz CT molecular complexity index is 1250. The number of sulfonamides is 1. The second-order valence-electron chi connectivity index (χ2n) is 8.91. The number of ether oxygens (including phenoxy) is 1. The van der Waals surface area contributed by atoms with Crippen molar-refractivity contribution in [1.29, 1.82) is 0 Å². The molecule has 1 aliphatic rings. The van der Waals surface area contributed by atoms with Crippen molar-refractivity contribution >= 4 is 15.9 Å². The van der Waals surface area contributed by atoms with Crippen LogP contribution in [0.4, 0.5) is 0 Å². The van der Waals surface area contributed by atoms with Crippen LogP contribution in [0.2, 0.25) is 0 Å². The highest BCUT2D eigenvalue weighted by Crippen LogP contribution is 2.28. The summed E-state index contributed by atoms with van der Waals surface area (Å²) in [5.74, 6) is 0.464. The Balaban J connectivity index is 1.51. The van der Waals surface area contributed by atoms with E-state index in [0.29, 0.717) is 30.8 Å². The molecular weight excluding hydrogens is 460 g/mol. The van der Waals surface area contributed by atoms with E-state index in [9.17, 15) is 13.2 Å². The van der Waals surface area contributed by atoms with Gasteiger partial charge in [0.2, 0.25) is 15.9 Å². The third-order valence-corrected chi connectivity index (χ3v) is 8.32. The summed E-state index contributed by atoms with van der Waals surface area (Å²) in [6, 6.07) is 22.6. The van der Waals surface area contributed by atoms with Gasteiger partial charge in [0.05, 0.1) is 18.0 Å². The van der Waals surface area contributed by atoms with Crippen molar-refractivity contribution in [2.24, 2.45) is 0 Å². The lowest BCUT2D eigenvalue weighted by molar-refractivity contribution is -0.121. The van der Waals surface area contributed by atoms with Gasteiger partial charge in [-0.1, -0.05) is 60.2 Å². The van der Waals surface area contributed by atoms with Gasteiger partial charge in [-0.25, -0.2) is 8.42 Å². The lowest BCUT2D eigenvalue weighted by atomic mass is 9.97. The molecule has 1 heterocycles. The molecule has 1 atom stereocenters. The molecule has 1 amide bonds. The number of benzene rings is 3. The number of nitrogens with one attached hydrogen (secondary N) is 1. The van der Waals surface area contributed by atoms with Gasteiger partial charge in [0.25, 0.3) is 0 Å². The number of hydrogen-bond acceptors (Lipinski definition) is 4. The van der Waals surface area contributed by atoms with Gasteiger partial charge in [-0.15, -0.1) is 0 Å². The Morgan fingerprint density at radius 3 is 2.29 bits per heavy atom. The van der Waals surface area contributed by atoms with E-state index in [1.54, 1.807) is 25.3 Å². The first-order chi connectivity index (χ1) is 16.9. The summed E-state index contributed by atoms with van der Waals surface area (Å²) in [5.41, 5.74) is 3.87. The summed E-state index contributed by atoms with van der Waals surface area (Å²) in [6.07, 6.45) is 2.34. The molecule has 0 unspecified atom stereocenters. The number of amides is 1. The molecule has 7 heteroatoms. The quantitative estimate of drug-likeness (QED) is 0.473. The molecule has 0 saturated carbocycles. The van der Waals surface area contributed by atoms with E-state index in [1.807, 2.05) is 61.5 Å². The molecule has 184 valence electrons. The molecule has 0 aliphatic carbocycles. The zero-order valence-electron chi connectivity index (χ0n) is 20.2. The highest BCUT2D eigenvalue weighted by atomic mass is 32.2. The van der Waals surface area contributed by atoms with Gasteiger partial charge < -0.3 is 10.1 Å². The topological polar surface area (TPSA) is 75.7 Å². The summed E-state index contributed by atoms with van der Waals surface area (Å²) in [7, 11) is -1.99. The lowest BCUT2D eigenvalue weighted by Gasteiger charge is -2.20. The first-order valence-corrected chi connectivity index (χ1v) is 13.4. The molecular formula is C28H32N2O4S. The lowest BCUT2D eigenvalue weighted by Crippen LogP contribution is -2.29. The smallest absolute Gasteiger partial charge is 0.243 e. The zero-order valence-corrected chi connectivity index (χ0v) is 21.1. The van der Waals surface area contributed by atoms with E-state index in [1.165, 1.54) is 4.31 Å².